The van der Waals surface area contributed by atoms with E-state index in [4.69, 9.17) is 10.5 Å². The zero-order valence-corrected chi connectivity index (χ0v) is 13.1. The number of carbonyl (C=O) groups is 1. The number of nitrogens with zero attached hydrogens (tertiary/aromatic N) is 1. The normalized spacial score (nSPS) is 12.7. The summed E-state index contributed by atoms with van der Waals surface area (Å²) in [4.78, 5) is 11.7. The van der Waals surface area contributed by atoms with Crippen molar-refractivity contribution in [1.82, 2.24) is 15.5 Å². The number of carbonyl (C=O) groups excluding carboxylic acids is 1. The lowest BCUT2D eigenvalue weighted by Crippen LogP contribution is -2.36. The highest BCUT2D eigenvalue weighted by Gasteiger charge is 2.19. The number of H-pyrrole nitrogens is 1. The maximum Gasteiger partial charge on any atom is 0.407 e. The quantitative estimate of drug-likeness (QED) is 0.809. The summed E-state index contributed by atoms with van der Waals surface area (Å²) >= 11 is 0. The second kappa shape index (κ2) is 6.62. The van der Waals surface area contributed by atoms with Crippen LogP contribution >= 0.6 is 0 Å². The van der Waals surface area contributed by atoms with Gasteiger partial charge in [0.25, 0.3) is 0 Å². The van der Waals surface area contributed by atoms with Crippen LogP contribution in [0.25, 0.3) is 11.3 Å². The maximum absolute atomic E-state index is 11.7. The van der Waals surface area contributed by atoms with E-state index in [-0.39, 0.29) is 12.6 Å². The second-order valence-corrected chi connectivity index (χ2v) is 6.06. The van der Waals surface area contributed by atoms with E-state index in [1.807, 2.05) is 51.1 Å². The minimum Gasteiger partial charge on any atom is -0.444 e. The third-order valence-corrected chi connectivity index (χ3v) is 3.00. The molecule has 0 aliphatic rings. The van der Waals surface area contributed by atoms with Gasteiger partial charge in [0.05, 0.1) is 17.9 Å². The molecule has 0 fully saturated rings. The molecule has 22 heavy (non-hydrogen) atoms. The molecule has 6 heteroatoms. The molecule has 0 saturated heterocycles. The van der Waals surface area contributed by atoms with Gasteiger partial charge < -0.3 is 15.8 Å². The number of aromatic amines is 1. The molecule has 0 radical (unpaired) electrons. The molecule has 1 aromatic heterocycles. The van der Waals surface area contributed by atoms with E-state index in [1.165, 1.54) is 0 Å². The lowest BCUT2D eigenvalue weighted by Gasteiger charge is -2.20. The van der Waals surface area contributed by atoms with E-state index >= 15 is 0 Å². The van der Waals surface area contributed by atoms with E-state index in [0.717, 1.165) is 16.8 Å². The van der Waals surface area contributed by atoms with Crippen molar-refractivity contribution in [2.45, 2.75) is 32.4 Å². The van der Waals surface area contributed by atoms with Gasteiger partial charge in [-0.2, -0.15) is 5.10 Å². The van der Waals surface area contributed by atoms with Crippen LogP contribution in [0.4, 0.5) is 4.79 Å². The van der Waals surface area contributed by atoms with Crippen molar-refractivity contribution in [3.05, 3.63) is 42.1 Å². The number of nitrogens with one attached hydrogen (secondary N) is 2. The summed E-state index contributed by atoms with van der Waals surface area (Å²) in [6.45, 7) is 5.72. The van der Waals surface area contributed by atoms with Crippen LogP contribution in [0.1, 0.15) is 32.4 Å². The Bertz CT molecular complexity index is 617. The van der Waals surface area contributed by atoms with E-state index < -0.39 is 11.7 Å². The first-order valence-electron chi connectivity index (χ1n) is 7.18. The Morgan fingerprint density at radius 2 is 2.05 bits per heavy atom. The molecule has 1 amide bonds. The van der Waals surface area contributed by atoms with Gasteiger partial charge in [0.15, 0.2) is 0 Å². The van der Waals surface area contributed by atoms with Crippen molar-refractivity contribution in [2.75, 3.05) is 6.54 Å². The number of aromatic nitrogens is 2. The number of alkyl carbamates (subject to hydrolysis) is 1. The van der Waals surface area contributed by atoms with Gasteiger partial charge in [0.2, 0.25) is 0 Å². The molecule has 0 aliphatic heterocycles. The predicted molar refractivity (Wildman–Crippen MR) is 85.2 cm³/mol. The summed E-state index contributed by atoms with van der Waals surface area (Å²) in [6, 6.07) is 9.43. The fourth-order valence-electron chi connectivity index (χ4n) is 2.03. The standard InChI is InChI=1S/C16H22N4O2/c1-16(2,3)22-15(21)18-10-13(17)12-9-19-20-14(12)11-7-5-4-6-8-11/h4-9,13H,10,17H2,1-3H3,(H,18,21)(H,19,20). The minimum atomic E-state index is -0.529. The van der Waals surface area contributed by atoms with Crippen molar-refractivity contribution in [3.63, 3.8) is 0 Å². The summed E-state index contributed by atoms with van der Waals surface area (Å²) in [5.74, 6) is 0. The Hall–Kier alpha value is -2.34. The SMILES string of the molecule is CC(C)(C)OC(=O)NCC(N)c1cn[nH]c1-c1ccccc1. The van der Waals surface area contributed by atoms with Crippen LogP contribution < -0.4 is 11.1 Å². The number of hydrogen-bond donors (Lipinski definition) is 3. The van der Waals surface area contributed by atoms with Gasteiger partial charge in [0.1, 0.15) is 5.60 Å². The maximum atomic E-state index is 11.7. The predicted octanol–water partition coefficient (Wildman–Crippen LogP) is 2.60. The smallest absolute Gasteiger partial charge is 0.407 e. The van der Waals surface area contributed by atoms with Crippen molar-refractivity contribution >= 4 is 6.09 Å². The molecule has 1 aromatic carbocycles. The third-order valence-electron chi connectivity index (χ3n) is 3.00. The van der Waals surface area contributed by atoms with Gasteiger partial charge in [-0.1, -0.05) is 30.3 Å². The molecule has 0 bridgehead atoms. The summed E-state index contributed by atoms with van der Waals surface area (Å²) in [7, 11) is 0. The fourth-order valence-corrected chi connectivity index (χ4v) is 2.03. The summed E-state index contributed by atoms with van der Waals surface area (Å²) in [5, 5.41) is 9.69. The molecule has 0 aliphatic carbocycles. The second-order valence-electron chi connectivity index (χ2n) is 6.06. The van der Waals surface area contributed by atoms with Gasteiger partial charge in [0, 0.05) is 12.1 Å². The minimum absolute atomic E-state index is 0.272. The van der Waals surface area contributed by atoms with Gasteiger partial charge >= 0.3 is 6.09 Å². The Kier molecular flexibility index (Phi) is 4.82. The lowest BCUT2D eigenvalue weighted by molar-refractivity contribution is 0.0524. The molecule has 0 spiro atoms. The molecule has 1 heterocycles. The molecular formula is C16H22N4O2. The Morgan fingerprint density at radius 3 is 2.68 bits per heavy atom. The zero-order valence-electron chi connectivity index (χ0n) is 13.1. The lowest BCUT2D eigenvalue weighted by atomic mass is 10.0. The van der Waals surface area contributed by atoms with Crippen molar-refractivity contribution in [2.24, 2.45) is 5.73 Å². The van der Waals surface area contributed by atoms with Crippen LogP contribution in [0, 0.1) is 0 Å². The van der Waals surface area contributed by atoms with Crippen LogP contribution in [-0.4, -0.2) is 28.4 Å². The molecule has 118 valence electrons. The molecule has 1 unspecified atom stereocenters. The van der Waals surface area contributed by atoms with Crippen molar-refractivity contribution in [3.8, 4) is 11.3 Å². The highest BCUT2D eigenvalue weighted by Crippen LogP contribution is 2.24. The molecule has 2 aromatic rings. The Morgan fingerprint density at radius 1 is 1.36 bits per heavy atom. The first-order chi connectivity index (χ1) is 10.4. The largest absolute Gasteiger partial charge is 0.444 e. The molecule has 2 rings (SSSR count). The molecular weight excluding hydrogens is 280 g/mol. The van der Waals surface area contributed by atoms with E-state index in [0.29, 0.717) is 0 Å². The first-order valence-corrected chi connectivity index (χ1v) is 7.18. The number of benzene rings is 1. The highest BCUT2D eigenvalue weighted by atomic mass is 16.6. The van der Waals surface area contributed by atoms with Crippen molar-refractivity contribution in [1.29, 1.82) is 0 Å². The molecule has 0 saturated carbocycles. The summed E-state index contributed by atoms with van der Waals surface area (Å²) in [6.07, 6.45) is 1.21. The molecule has 6 nitrogen and oxygen atoms in total. The van der Waals surface area contributed by atoms with Gasteiger partial charge in [-0.05, 0) is 26.3 Å². The monoisotopic (exact) mass is 302 g/mol. The van der Waals surface area contributed by atoms with Crippen LogP contribution in [0.15, 0.2) is 36.5 Å². The van der Waals surface area contributed by atoms with Crippen LogP contribution in [-0.2, 0) is 4.74 Å². The number of rotatable bonds is 4. The van der Waals surface area contributed by atoms with Crippen molar-refractivity contribution < 1.29 is 9.53 Å². The first kappa shape index (κ1) is 16.0. The number of amides is 1. The third kappa shape index (κ3) is 4.33. The summed E-state index contributed by atoms with van der Waals surface area (Å²) < 4.78 is 5.19. The zero-order chi connectivity index (χ0) is 16.2. The van der Waals surface area contributed by atoms with Crippen LogP contribution in [0.5, 0.6) is 0 Å². The van der Waals surface area contributed by atoms with E-state index in [2.05, 4.69) is 15.5 Å². The molecule has 1 atom stereocenters. The Balaban J connectivity index is 2.01. The highest BCUT2D eigenvalue weighted by molar-refractivity contribution is 5.68. The van der Waals surface area contributed by atoms with Crippen LogP contribution in [0.3, 0.4) is 0 Å². The Labute approximate surface area is 130 Å². The van der Waals surface area contributed by atoms with E-state index in [9.17, 15) is 4.79 Å². The van der Waals surface area contributed by atoms with Gasteiger partial charge in [-0.25, -0.2) is 4.79 Å². The summed E-state index contributed by atoms with van der Waals surface area (Å²) in [5.41, 5.74) is 8.34. The average molecular weight is 302 g/mol. The number of nitrogens with two attached hydrogens (primary N) is 1. The number of ether oxygens (including phenoxy) is 1. The fraction of sp³-hybridized carbons (Fsp3) is 0.375. The van der Waals surface area contributed by atoms with Gasteiger partial charge in [-0.15, -0.1) is 0 Å². The molecule has 4 N–H and O–H groups in total. The van der Waals surface area contributed by atoms with E-state index in [1.54, 1.807) is 6.20 Å². The van der Waals surface area contributed by atoms with Crippen LogP contribution in [0.2, 0.25) is 0 Å². The number of hydrogen-bond acceptors (Lipinski definition) is 4. The topological polar surface area (TPSA) is 93.0 Å². The average Bonchev–Trinajstić information content (AvgIpc) is 2.93. The van der Waals surface area contributed by atoms with Gasteiger partial charge in [-0.3, -0.25) is 5.10 Å².